The van der Waals surface area contributed by atoms with E-state index in [2.05, 4.69) is 6.92 Å². The first-order chi connectivity index (χ1) is 14.3. The highest BCUT2D eigenvalue weighted by molar-refractivity contribution is 7.89. The zero-order valence-electron chi connectivity index (χ0n) is 17.0. The number of ether oxygens (including phenoxy) is 2. The lowest BCUT2D eigenvalue weighted by Gasteiger charge is -2.29. The zero-order valence-corrected chi connectivity index (χ0v) is 17.8. The van der Waals surface area contributed by atoms with Crippen LogP contribution in [-0.4, -0.2) is 44.9 Å². The molecule has 8 heteroatoms. The first kappa shape index (κ1) is 22.0. The second-order valence-electron chi connectivity index (χ2n) is 7.33. The highest BCUT2D eigenvalue weighted by Gasteiger charge is 2.29. The minimum Gasteiger partial charge on any atom is -0.466 e. The molecule has 0 spiro atoms. The van der Waals surface area contributed by atoms with Gasteiger partial charge in [-0.15, -0.1) is 0 Å². The number of hydrogen-bond donors (Lipinski definition) is 0. The quantitative estimate of drug-likeness (QED) is 0.653. The summed E-state index contributed by atoms with van der Waals surface area (Å²) < 4.78 is 37.2. The number of carbonyl (C=O) groups excluding carboxylic acids is 2. The predicted octanol–water partition coefficient (Wildman–Crippen LogP) is 3.18. The number of esters is 2. The van der Waals surface area contributed by atoms with E-state index in [1.165, 1.54) is 35.7 Å². The number of rotatable bonds is 6. The summed E-state index contributed by atoms with van der Waals surface area (Å²) in [5.41, 5.74) is 0.627. The molecular formula is C22H25NO6S. The van der Waals surface area contributed by atoms with Crippen LogP contribution in [0.3, 0.4) is 0 Å². The standard InChI is InChI=1S/C22H25NO6S/c1-16-12-14-23(15-13-16)30(26,27)19-10-8-18(9-11-19)21(24)29-20(22(25)28-2)17-6-4-3-5-7-17/h3-11,16,20H,12-15H2,1-2H3. The molecule has 2 aromatic rings. The largest absolute Gasteiger partial charge is 0.466 e. The minimum atomic E-state index is -3.60. The lowest BCUT2D eigenvalue weighted by molar-refractivity contribution is -0.151. The van der Waals surface area contributed by atoms with Gasteiger partial charge in [0.25, 0.3) is 0 Å². The van der Waals surface area contributed by atoms with Gasteiger partial charge in [0, 0.05) is 18.7 Å². The maximum atomic E-state index is 12.8. The number of benzene rings is 2. The van der Waals surface area contributed by atoms with E-state index in [9.17, 15) is 18.0 Å². The molecular weight excluding hydrogens is 406 g/mol. The highest BCUT2D eigenvalue weighted by Crippen LogP contribution is 2.25. The van der Waals surface area contributed by atoms with Crippen LogP contribution >= 0.6 is 0 Å². The van der Waals surface area contributed by atoms with Crippen LogP contribution in [0.4, 0.5) is 0 Å². The molecule has 1 atom stereocenters. The minimum absolute atomic E-state index is 0.126. The van der Waals surface area contributed by atoms with Gasteiger partial charge < -0.3 is 9.47 Å². The summed E-state index contributed by atoms with van der Waals surface area (Å²) in [6, 6.07) is 14.1. The molecule has 0 aliphatic carbocycles. The van der Waals surface area contributed by atoms with Crippen LogP contribution in [-0.2, 0) is 24.3 Å². The van der Waals surface area contributed by atoms with Gasteiger partial charge in [-0.3, -0.25) is 0 Å². The molecule has 1 fully saturated rings. The number of methoxy groups -OCH3 is 1. The van der Waals surface area contributed by atoms with Gasteiger partial charge in [-0.1, -0.05) is 37.3 Å². The molecule has 30 heavy (non-hydrogen) atoms. The molecule has 1 aliphatic heterocycles. The molecule has 0 N–H and O–H groups in total. The number of carbonyl (C=O) groups is 2. The SMILES string of the molecule is COC(=O)C(OC(=O)c1ccc(S(=O)(=O)N2CCC(C)CC2)cc1)c1ccccc1. The van der Waals surface area contributed by atoms with E-state index in [4.69, 9.17) is 9.47 Å². The average molecular weight is 432 g/mol. The van der Waals surface area contributed by atoms with Crippen LogP contribution in [0.5, 0.6) is 0 Å². The Hall–Kier alpha value is -2.71. The summed E-state index contributed by atoms with van der Waals surface area (Å²) in [6.07, 6.45) is 0.457. The van der Waals surface area contributed by atoms with Gasteiger partial charge in [0.2, 0.25) is 16.1 Å². The first-order valence-electron chi connectivity index (χ1n) is 9.77. The normalized spacial score (nSPS) is 16.6. The Kier molecular flexibility index (Phi) is 6.89. The fraction of sp³-hybridized carbons (Fsp3) is 0.364. The van der Waals surface area contributed by atoms with E-state index >= 15 is 0 Å². The molecule has 0 amide bonds. The molecule has 1 heterocycles. The van der Waals surface area contributed by atoms with Crippen molar-refractivity contribution in [1.82, 2.24) is 4.31 Å². The molecule has 160 valence electrons. The topological polar surface area (TPSA) is 90.0 Å². The summed E-state index contributed by atoms with van der Waals surface area (Å²) in [7, 11) is -2.39. The van der Waals surface area contributed by atoms with E-state index < -0.39 is 28.1 Å². The molecule has 2 aromatic carbocycles. The van der Waals surface area contributed by atoms with Crippen molar-refractivity contribution in [1.29, 1.82) is 0 Å². The third-order valence-electron chi connectivity index (χ3n) is 5.21. The van der Waals surface area contributed by atoms with Gasteiger partial charge in [0.1, 0.15) is 0 Å². The zero-order chi connectivity index (χ0) is 21.7. The van der Waals surface area contributed by atoms with E-state index in [1.807, 2.05) is 0 Å². The van der Waals surface area contributed by atoms with E-state index in [-0.39, 0.29) is 10.5 Å². The summed E-state index contributed by atoms with van der Waals surface area (Å²) in [5.74, 6) is -0.931. The lowest BCUT2D eigenvalue weighted by atomic mass is 10.0. The van der Waals surface area contributed by atoms with Crippen molar-refractivity contribution >= 4 is 22.0 Å². The van der Waals surface area contributed by atoms with Crippen molar-refractivity contribution in [2.45, 2.75) is 30.8 Å². The Morgan fingerprint density at radius 3 is 2.17 bits per heavy atom. The Morgan fingerprint density at radius 2 is 1.60 bits per heavy atom. The molecule has 0 radical (unpaired) electrons. The monoisotopic (exact) mass is 431 g/mol. The van der Waals surface area contributed by atoms with E-state index in [1.54, 1.807) is 30.3 Å². The third-order valence-corrected chi connectivity index (χ3v) is 7.13. The molecule has 0 saturated carbocycles. The van der Waals surface area contributed by atoms with Crippen LogP contribution in [0.15, 0.2) is 59.5 Å². The van der Waals surface area contributed by atoms with Gasteiger partial charge in [0.05, 0.1) is 17.6 Å². The molecule has 0 bridgehead atoms. The highest BCUT2D eigenvalue weighted by atomic mass is 32.2. The van der Waals surface area contributed by atoms with Crippen LogP contribution in [0.25, 0.3) is 0 Å². The Balaban J connectivity index is 1.75. The number of sulfonamides is 1. The van der Waals surface area contributed by atoms with Crippen LogP contribution in [0, 0.1) is 5.92 Å². The number of hydrogen-bond acceptors (Lipinski definition) is 6. The van der Waals surface area contributed by atoms with Crippen molar-refractivity contribution in [2.24, 2.45) is 5.92 Å². The van der Waals surface area contributed by atoms with Crippen LogP contribution in [0.2, 0.25) is 0 Å². The summed E-state index contributed by atoms with van der Waals surface area (Å²) in [5, 5.41) is 0. The molecule has 7 nitrogen and oxygen atoms in total. The fourth-order valence-corrected chi connectivity index (χ4v) is 4.77. The number of nitrogens with zero attached hydrogens (tertiary/aromatic N) is 1. The van der Waals surface area contributed by atoms with Crippen molar-refractivity contribution in [3.63, 3.8) is 0 Å². The summed E-state index contributed by atoms with van der Waals surface area (Å²) in [4.78, 5) is 24.8. The molecule has 1 saturated heterocycles. The van der Waals surface area contributed by atoms with E-state index in [0.717, 1.165) is 12.8 Å². The maximum Gasteiger partial charge on any atom is 0.351 e. The molecule has 3 rings (SSSR count). The Labute approximate surface area is 176 Å². The lowest BCUT2D eigenvalue weighted by Crippen LogP contribution is -2.37. The second-order valence-corrected chi connectivity index (χ2v) is 9.27. The van der Waals surface area contributed by atoms with Crippen molar-refractivity contribution in [3.8, 4) is 0 Å². The second kappa shape index (κ2) is 9.40. The maximum absolute atomic E-state index is 12.8. The Bertz CT molecular complexity index is 980. The van der Waals surface area contributed by atoms with Crippen molar-refractivity contribution in [2.75, 3.05) is 20.2 Å². The smallest absolute Gasteiger partial charge is 0.351 e. The van der Waals surface area contributed by atoms with E-state index in [0.29, 0.717) is 24.6 Å². The first-order valence-corrected chi connectivity index (χ1v) is 11.2. The van der Waals surface area contributed by atoms with Crippen LogP contribution in [0.1, 0.15) is 41.8 Å². The van der Waals surface area contributed by atoms with Gasteiger partial charge >= 0.3 is 11.9 Å². The van der Waals surface area contributed by atoms with Gasteiger partial charge in [-0.25, -0.2) is 18.0 Å². The fourth-order valence-electron chi connectivity index (χ4n) is 3.30. The van der Waals surface area contributed by atoms with Gasteiger partial charge in [-0.2, -0.15) is 4.31 Å². The summed E-state index contributed by atoms with van der Waals surface area (Å²) >= 11 is 0. The van der Waals surface area contributed by atoms with Crippen LogP contribution < -0.4 is 0 Å². The summed E-state index contributed by atoms with van der Waals surface area (Å²) in [6.45, 7) is 3.09. The average Bonchev–Trinajstić information content (AvgIpc) is 2.77. The van der Waals surface area contributed by atoms with Gasteiger partial charge in [-0.05, 0) is 43.0 Å². The van der Waals surface area contributed by atoms with Gasteiger partial charge in [0.15, 0.2) is 0 Å². The predicted molar refractivity (Wildman–Crippen MR) is 110 cm³/mol. The number of piperidine rings is 1. The molecule has 1 aliphatic rings. The van der Waals surface area contributed by atoms with Crippen molar-refractivity contribution < 1.29 is 27.5 Å². The van der Waals surface area contributed by atoms with Crippen molar-refractivity contribution in [3.05, 3.63) is 65.7 Å². The third kappa shape index (κ3) is 4.88. The molecule has 0 aromatic heterocycles. The molecule has 1 unspecified atom stereocenters. The Morgan fingerprint density at radius 1 is 1.00 bits per heavy atom.